The zero-order valence-electron chi connectivity index (χ0n) is 12.8. The fourth-order valence-electron chi connectivity index (χ4n) is 2.59. The van der Waals surface area contributed by atoms with Crippen molar-refractivity contribution in [3.8, 4) is 11.5 Å². The van der Waals surface area contributed by atoms with Gasteiger partial charge in [-0.05, 0) is 30.0 Å². The number of benzene rings is 1. The Kier molecular flexibility index (Phi) is 5.26. The van der Waals surface area contributed by atoms with E-state index in [1.807, 2.05) is 18.2 Å². The highest BCUT2D eigenvalue weighted by Gasteiger charge is 2.22. The van der Waals surface area contributed by atoms with Crippen molar-refractivity contribution >= 4 is 0 Å². The first-order valence-corrected chi connectivity index (χ1v) is 7.22. The van der Waals surface area contributed by atoms with Crippen molar-refractivity contribution in [2.45, 2.75) is 32.4 Å². The van der Waals surface area contributed by atoms with Gasteiger partial charge in [0.05, 0.1) is 20.3 Å². The van der Waals surface area contributed by atoms with Crippen LogP contribution in [0.3, 0.4) is 0 Å². The van der Waals surface area contributed by atoms with Crippen molar-refractivity contribution in [1.29, 1.82) is 0 Å². The van der Waals surface area contributed by atoms with E-state index in [1.54, 1.807) is 14.2 Å². The third-order valence-electron chi connectivity index (χ3n) is 3.90. The highest BCUT2D eigenvalue weighted by atomic mass is 16.5. The molecule has 0 aliphatic carbocycles. The Morgan fingerprint density at radius 1 is 1.20 bits per heavy atom. The molecule has 2 atom stereocenters. The molecule has 4 heteroatoms. The minimum Gasteiger partial charge on any atom is -0.493 e. The van der Waals surface area contributed by atoms with Crippen molar-refractivity contribution in [1.82, 2.24) is 5.32 Å². The molecule has 0 bridgehead atoms. The van der Waals surface area contributed by atoms with Crippen LogP contribution in [0, 0.1) is 5.92 Å². The van der Waals surface area contributed by atoms with Gasteiger partial charge < -0.3 is 19.5 Å². The van der Waals surface area contributed by atoms with Gasteiger partial charge in [-0.2, -0.15) is 0 Å². The quantitative estimate of drug-likeness (QED) is 0.920. The molecule has 1 fully saturated rings. The lowest BCUT2D eigenvalue weighted by Crippen LogP contribution is -2.34. The molecule has 2 unspecified atom stereocenters. The summed E-state index contributed by atoms with van der Waals surface area (Å²) in [5.74, 6) is 2.12. The molecule has 1 aromatic rings. The largest absolute Gasteiger partial charge is 0.493 e. The van der Waals surface area contributed by atoms with Crippen LogP contribution in [0.25, 0.3) is 0 Å². The fraction of sp³-hybridized carbons (Fsp3) is 0.625. The molecule has 1 aliphatic rings. The van der Waals surface area contributed by atoms with Gasteiger partial charge in [0.1, 0.15) is 0 Å². The average Bonchev–Trinajstić information content (AvgIpc) is 2.72. The second-order valence-electron chi connectivity index (χ2n) is 5.52. The Morgan fingerprint density at radius 3 is 2.60 bits per heavy atom. The summed E-state index contributed by atoms with van der Waals surface area (Å²) in [5.41, 5.74) is 1.12. The summed E-state index contributed by atoms with van der Waals surface area (Å²) in [7, 11) is 3.30. The zero-order chi connectivity index (χ0) is 14.5. The van der Waals surface area contributed by atoms with Crippen molar-refractivity contribution in [3.05, 3.63) is 23.8 Å². The predicted molar refractivity (Wildman–Crippen MR) is 79.5 cm³/mol. The predicted octanol–water partition coefficient (Wildman–Crippen LogP) is 2.78. The number of hydrogen-bond donors (Lipinski definition) is 1. The summed E-state index contributed by atoms with van der Waals surface area (Å²) in [6.45, 7) is 6.11. The van der Waals surface area contributed by atoms with Crippen LogP contribution in [-0.2, 0) is 4.74 Å². The first-order chi connectivity index (χ1) is 9.65. The van der Waals surface area contributed by atoms with Gasteiger partial charge in [-0.3, -0.25) is 0 Å². The van der Waals surface area contributed by atoms with Crippen molar-refractivity contribution in [2.75, 3.05) is 27.4 Å². The maximum absolute atomic E-state index is 5.98. The minimum atomic E-state index is 0.0681. The molecule has 4 nitrogen and oxygen atoms in total. The van der Waals surface area contributed by atoms with Gasteiger partial charge in [0.2, 0.25) is 0 Å². The van der Waals surface area contributed by atoms with Gasteiger partial charge in [0.25, 0.3) is 0 Å². The van der Waals surface area contributed by atoms with E-state index in [4.69, 9.17) is 14.2 Å². The third-order valence-corrected chi connectivity index (χ3v) is 3.90. The maximum atomic E-state index is 5.98. The highest BCUT2D eigenvalue weighted by Crippen LogP contribution is 2.31. The SMILES string of the molecule is COc1ccc(C2CNC(C(C)C)CCO2)cc1OC. The summed E-state index contributed by atoms with van der Waals surface area (Å²) in [6.07, 6.45) is 1.13. The van der Waals surface area contributed by atoms with Gasteiger partial charge in [-0.25, -0.2) is 0 Å². The summed E-state index contributed by atoms with van der Waals surface area (Å²) in [6, 6.07) is 6.51. The van der Waals surface area contributed by atoms with Gasteiger partial charge in [-0.15, -0.1) is 0 Å². The molecule has 1 N–H and O–H groups in total. The topological polar surface area (TPSA) is 39.7 Å². The molecular formula is C16H25NO3. The van der Waals surface area contributed by atoms with Crippen LogP contribution >= 0.6 is 0 Å². The summed E-state index contributed by atoms with van der Waals surface area (Å²) in [4.78, 5) is 0. The average molecular weight is 279 g/mol. The molecule has 0 saturated carbocycles. The lowest BCUT2D eigenvalue weighted by Gasteiger charge is -2.20. The fourth-order valence-corrected chi connectivity index (χ4v) is 2.59. The van der Waals surface area contributed by atoms with Crippen LogP contribution < -0.4 is 14.8 Å². The van der Waals surface area contributed by atoms with E-state index in [-0.39, 0.29) is 6.10 Å². The van der Waals surface area contributed by atoms with Crippen LogP contribution in [0.2, 0.25) is 0 Å². The standard InChI is InChI=1S/C16H25NO3/c1-11(2)13-7-8-20-16(10-17-13)12-5-6-14(18-3)15(9-12)19-4/h5-6,9,11,13,16-17H,7-8,10H2,1-4H3. The van der Waals surface area contributed by atoms with Crippen LogP contribution in [0.5, 0.6) is 11.5 Å². The number of ether oxygens (including phenoxy) is 3. The van der Waals surface area contributed by atoms with Crippen molar-refractivity contribution in [3.63, 3.8) is 0 Å². The number of hydrogen-bond acceptors (Lipinski definition) is 4. The monoisotopic (exact) mass is 279 g/mol. The van der Waals surface area contributed by atoms with E-state index in [1.165, 1.54) is 0 Å². The lowest BCUT2D eigenvalue weighted by atomic mass is 10.0. The Morgan fingerprint density at radius 2 is 1.95 bits per heavy atom. The normalized spacial score (nSPS) is 23.4. The summed E-state index contributed by atoms with van der Waals surface area (Å²) in [5, 5.41) is 3.60. The van der Waals surface area contributed by atoms with Crippen molar-refractivity contribution in [2.24, 2.45) is 5.92 Å². The first kappa shape index (κ1) is 15.1. The molecule has 20 heavy (non-hydrogen) atoms. The second kappa shape index (κ2) is 6.95. The lowest BCUT2D eigenvalue weighted by molar-refractivity contribution is 0.0658. The Hall–Kier alpha value is -1.26. The van der Waals surface area contributed by atoms with Crippen LogP contribution in [0.4, 0.5) is 0 Å². The molecule has 1 saturated heterocycles. The van der Waals surface area contributed by atoms with E-state index < -0.39 is 0 Å². The molecule has 1 heterocycles. The van der Waals surface area contributed by atoms with E-state index in [0.29, 0.717) is 12.0 Å². The van der Waals surface area contributed by atoms with Gasteiger partial charge in [-0.1, -0.05) is 19.9 Å². The van der Waals surface area contributed by atoms with Gasteiger partial charge in [0, 0.05) is 19.2 Å². The Balaban J connectivity index is 2.11. The zero-order valence-corrected chi connectivity index (χ0v) is 12.8. The van der Waals surface area contributed by atoms with E-state index >= 15 is 0 Å². The third kappa shape index (κ3) is 3.44. The van der Waals surface area contributed by atoms with Gasteiger partial charge >= 0.3 is 0 Å². The molecule has 1 aromatic carbocycles. The Bertz CT molecular complexity index is 434. The summed E-state index contributed by atoms with van der Waals surface area (Å²) >= 11 is 0. The second-order valence-corrected chi connectivity index (χ2v) is 5.52. The Labute approximate surface area is 121 Å². The molecule has 2 rings (SSSR count). The molecular weight excluding hydrogens is 254 g/mol. The van der Waals surface area contributed by atoms with Crippen molar-refractivity contribution < 1.29 is 14.2 Å². The highest BCUT2D eigenvalue weighted by molar-refractivity contribution is 5.43. The van der Waals surface area contributed by atoms with Crippen LogP contribution in [0.1, 0.15) is 31.9 Å². The van der Waals surface area contributed by atoms with E-state index in [9.17, 15) is 0 Å². The number of methoxy groups -OCH3 is 2. The smallest absolute Gasteiger partial charge is 0.161 e. The molecule has 1 aliphatic heterocycles. The first-order valence-electron chi connectivity index (χ1n) is 7.22. The molecule has 0 spiro atoms. The summed E-state index contributed by atoms with van der Waals surface area (Å²) < 4.78 is 16.6. The van der Waals surface area contributed by atoms with E-state index in [0.717, 1.165) is 36.6 Å². The number of nitrogens with one attached hydrogen (secondary N) is 1. The van der Waals surface area contributed by atoms with Gasteiger partial charge in [0.15, 0.2) is 11.5 Å². The van der Waals surface area contributed by atoms with E-state index in [2.05, 4.69) is 19.2 Å². The molecule has 0 amide bonds. The molecule has 0 radical (unpaired) electrons. The maximum Gasteiger partial charge on any atom is 0.161 e. The molecule has 112 valence electrons. The van der Waals surface area contributed by atoms with Crippen LogP contribution in [0.15, 0.2) is 18.2 Å². The van der Waals surface area contributed by atoms with Crippen LogP contribution in [-0.4, -0.2) is 33.4 Å². The molecule has 0 aromatic heterocycles. The minimum absolute atomic E-state index is 0.0681. The number of rotatable bonds is 4.